The summed E-state index contributed by atoms with van der Waals surface area (Å²) in [6.07, 6.45) is 5.63. The van der Waals surface area contributed by atoms with Crippen molar-refractivity contribution >= 4 is 29.1 Å². The zero-order chi connectivity index (χ0) is 25.4. The molecule has 0 radical (unpaired) electrons. The van der Waals surface area contributed by atoms with E-state index in [1.807, 2.05) is 28.0 Å². The summed E-state index contributed by atoms with van der Waals surface area (Å²) in [5.74, 6) is 0.470. The molecular formula is C26H39ClN6O2. The van der Waals surface area contributed by atoms with E-state index in [1.54, 1.807) is 11.0 Å². The number of amides is 2. The molecule has 0 saturated carbocycles. The highest BCUT2D eigenvalue weighted by Crippen LogP contribution is 2.29. The van der Waals surface area contributed by atoms with Crippen LogP contribution < -0.4 is 4.90 Å². The number of aromatic nitrogens is 3. The van der Waals surface area contributed by atoms with E-state index in [4.69, 9.17) is 11.6 Å². The fourth-order valence-corrected chi connectivity index (χ4v) is 4.63. The van der Waals surface area contributed by atoms with Crippen LogP contribution in [0, 0.1) is 5.92 Å². The van der Waals surface area contributed by atoms with Gasteiger partial charge in [0, 0.05) is 63.2 Å². The molecule has 3 rings (SSSR count). The van der Waals surface area contributed by atoms with Crippen molar-refractivity contribution in [2.24, 2.45) is 5.92 Å². The van der Waals surface area contributed by atoms with E-state index in [-0.39, 0.29) is 17.7 Å². The lowest BCUT2D eigenvalue weighted by atomic mass is 10.1. The van der Waals surface area contributed by atoms with Crippen LogP contribution in [0.25, 0.3) is 0 Å². The number of carbonyl (C=O) groups is 2. The van der Waals surface area contributed by atoms with Crippen LogP contribution in [0.15, 0.2) is 30.9 Å². The van der Waals surface area contributed by atoms with Gasteiger partial charge >= 0.3 is 0 Å². The van der Waals surface area contributed by atoms with Crippen molar-refractivity contribution in [3.8, 4) is 0 Å². The third-order valence-corrected chi connectivity index (χ3v) is 6.63. The largest absolute Gasteiger partial charge is 0.337 e. The van der Waals surface area contributed by atoms with Crippen LogP contribution in [-0.4, -0.2) is 68.6 Å². The van der Waals surface area contributed by atoms with Crippen LogP contribution >= 0.6 is 11.6 Å². The van der Waals surface area contributed by atoms with Gasteiger partial charge in [-0.15, -0.1) is 0 Å². The second kappa shape index (κ2) is 13.0. The molecule has 1 aromatic carbocycles. The third kappa shape index (κ3) is 8.04. The van der Waals surface area contributed by atoms with Crippen molar-refractivity contribution in [1.82, 2.24) is 24.6 Å². The van der Waals surface area contributed by atoms with Gasteiger partial charge in [-0.05, 0) is 50.3 Å². The Balaban J connectivity index is 1.87. The maximum Gasteiger partial charge on any atom is 0.227 e. The maximum atomic E-state index is 13.3. The zero-order valence-corrected chi connectivity index (χ0v) is 22.2. The molecule has 0 fully saturated rings. The number of rotatable bonds is 7. The fraction of sp³-hybridized carbons (Fsp3) is 0.615. The van der Waals surface area contributed by atoms with Crippen LogP contribution in [0.1, 0.15) is 58.9 Å². The first kappa shape index (κ1) is 27.1. The Morgan fingerprint density at radius 2 is 1.86 bits per heavy atom. The molecular weight excluding hydrogens is 464 g/mol. The molecule has 1 aliphatic heterocycles. The van der Waals surface area contributed by atoms with Crippen LogP contribution in [0.4, 0.5) is 5.69 Å². The summed E-state index contributed by atoms with van der Waals surface area (Å²) in [5.41, 5.74) is 1.77. The summed E-state index contributed by atoms with van der Waals surface area (Å²) in [6.45, 7) is 12.5. The Hall–Kier alpha value is -2.45. The van der Waals surface area contributed by atoms with Crippen molar-refractivity contribution in [3.05, 3.63) is 41.4 Å². The predicted octanol–water partition coefficient (Wildman–Crippen LogP) is 4.23. The Morgan fingerprint density at radius 1 is 1.06 bits per heavy atom. The Labute approximate surface area is 214 Å². The first-order valence-corrected chi connectivity index (χ1v) is 13.1. The van der Waals surface area contributed by atoms with Gasteiger partial charge in [-0.25, -0.2) is 4.98 Å². The molecule has 2 aromatic rings. The normalized spacial score (nSPS) is 15.9. The highest BCUT2D eigenvalue weighted by Gasteiger charge is 2.25. The molecule has 1 aromatic heterocycles. The molecule has 0 aliphatic carbocycles. The molecule has 0 bridgehead atoms. The predicted molar refractivity (Wildman–Crippen MR) is 139 cm³/mol. The number of halogens is 1. The van der Waals surface area contributed by atoms with Crippen molar-refractivity contribution in [2.75, 3.05) is 31.1 Å². The topological polar surface area (TPSA) is 74.6 Å². The van der Waals surface area contributed by atoms with E-state index in [2.05, 4.69) is 42.7 Å². The quantitative estimate of drug-likeness (QED) is 0.566. The highest BCUT2D eigenvalue weighted by molar-refractivity contribution is 6.31. The van der Waals surface area contributed by atoms with Gasteiger partial charge in [0.1, 0.15) is 12.7 Å². The SMILES string of the molecule is CC(C)CC(=O)N1CCCN(C(C)C)CCN(C(=O)CCCn2cncn2)Cc2ccc(Cl)cc21. The van der Waals surface area contributed by atoms with Crippen molar-refractivity contribution in [3.63, 3.8) is 0 Å². The van der Waals surface area contributed by atoms with Gasteiger partial charge in [-0.1, -0.05) is 31.5 Å². The molecule has 192 valence electrons. The molecule has 9 heteroatoms. The minimum absolute atomic E-state index is 0.101. The average molecular weight is 503 g/mol. The molecule has 0 unspecified atom stereocenters. The van der Waals surface area contributed by atoms with Crippen LogP contribution in [0.3, 0.4) is 0 Å². The lowest BCUT2D eigenvalue weighted by Gasteiger charge is -2.30. The summed E-state index contributed by atoms with van der Waals surface area (Å²) >= 11 is 6.39. The molecule has 0 atom stereocenters. The molecule has 2 heterocycles. The van der Waals surface area contributed by atoms with E-state index >= 15 is 0 Å². The van der Waals surface area contributed by atoms with Gasteiger partial charge in [0.25, 0.3) is 0 Å². The minimum atomic E-state index is 0.101. The van der Waals surface area contributed by atoms with Gasteiger partial charge in [-0.3, -0.25) is 19.2 Å². The Bertz CT molecular complexity index is 963. The van der Waals surface area contributed by atoms with Crippen LogP contribution in [0.2, 0.25) is 5.02 Å². The van der Waals surface area contributed by atoms with Crippen molar-refractivity contribution in [2.45, 2.75) is 72.5 Å². The van der Waals surface area contributed by atoms with Crippen molar-refractivity contribution in [1.29, 1.82) is 0 Å². The van der Waals surface area contributed by atoms with E-state index < -0.39 is 0 Å². The number of nitrogens with zero attached hydrogens (tertiary/aromatic N) is 6. The maximum absolute atomic E-state index is 13.3. The first-order chi connectivity index (χ1) is 16.7. The van der Waals surface area contributed by atoms with E-state index in [9.17, 15) is 9.59 Å². The lowest BCUT2D eigenvalue weighted by Crippen LogP contribution is -2.41. The van der Waals surface area contributed by atoms with Crippen LogP contribution in [0.5, 0.6) is 0 Å². The fourth-order valence-electron chi connectivity index (χ4n) is 4.47. The second-order valence-corrected chi connectivity index (χ2v) is 10.4. The number of hydrogen-bond acceptors (Lipinski definition) is 5. The molecule has 35 heavy (non-hydrogen) atoms. The number of hydrogen-bond donors (Lipinski definition) is 0. The third-order valence-electron chi connectivity index (χ3n) is 6.39. The summed E-state index contributed by atoms with van der Waals surface area (Å²) in [7, 11) is 0. The lowest BCUT2D eigenvalue weighted by molar-refractivity contribution is -0.132. The Kier molecular flexibility index (Phi) is 10.1. The van der Waals surface area contributed by atoms with E-state index in [0.717, 1.165) is 30.8 Å². The van der Waals surface area contributed by atoms with Gasteiger partial charge in [0.2, 0.25) is 11.8 Å². The summed E-state index contributed by atoms with van der Waals surface area (Å²) in [4.78, 5) is 36.8. The minimum Gasteiger partial charge on any atom is -0.337 e. The highest BCUT2D eigenvalue weighted by atomic mass is 35.5. The summed E-state index contributed by atoms with van der Waals surface area (Å²) < 4.78 is 1.75. The number of benzene rings is 1. The summed E-state index contributed by atoms with van der Waals surface area (Å²) in [5, 5.41) is 4.72. The monoisotopic (exact) mass is 502 g/mol. The van der Waals surface area contributed by atoms with Crippen molar-refractivity contribution < 1.29 is 9.59 Å². The first-order valence-electron chi connectivity index (χ1n) is 12.7. The zero-order valence-electron chi connectivity index (χ0n) is 21.5. The molecule has 1 aliphatic rings. The van der Waals surface area contributed by atoms with E-state index in [0.29, 0.717) is 56.5 Å². The average Bonchev–Trinajstić information content (AvgIpc) is 3.30. The number of anilines is 1. The summed E-state index contributed by atoms with van der Waals surface area (Å²) in [6, 6.07) is 6.04. The standard InChI is InChI=1S/C26H39ClN6O2/c1-20(2)15-26(35)33-12-6-10-30(21(3)4)13-14-31(17-22-8-9-23(27)16-24(22)33)25(34)7-5-11-32-19-28-18-29-32/h8-9,16,18-21H,5-7,10-15,17H2,1-4H3. The smallest absolute Gasteiger partial charge is 0.227 e. The number of aryl methyl sites for hydroxylation is 1. The number of fused-ring (bicyclic) bond motifs is 1. The van der Waals surface area contributed by atoms with E-state index in [1.165, 1.54) is 6.33 Å². The van der Waals surface area contributed by atoms with Gasteiger partial charge in [-0.2, -0.15) is 5.10 Å². The van der Waals surface area contributed by atoms with Crippen LogP contribution in [-0.2, 0) is 22.7 Å². The molecule has 2 amide bonds. The second-order valence-electron chi connectivity index (χ2n) is 9.98. The molecule has 0 spiro atoms. The molecule has 0 N–H and O–H groups in total. The number of carbonyl (C=O) groups excluding carboxylic acids is 2. The molecule has 8 nitrogen and oxygen atoms in total. The van der Waals surface area contributed by atoms with Gasteiger partial charge in [0.15, 0.2) is 0 Å². The van der Waals surface area contributed by atoms with Gasteiger partial charge < -0.3 is 9.80 Å². The molecule has 0 saturated heterocycles. The van der Waals surface area contributed by atoms with Gasteiger partial charge in [0.05, 0.1) is 5.69 Å². The Morgan fingerprint density at radius 3 is 2.54 bits per heavy atom.